The smallest absolute Gasteiger partial charge is 0.422 e. The van der Waals surface area contributed by atoms with Crippen LogP contribution in [0.1, 0.15) is 12.8 Å². The highest BCUT2D eigenvalue weighted by molar-refractivity contribution is 5.74. The first-order chi connectivity index (χ1) is 6.92. The van der Waals surface area contributed by atoms with E-state index in [1.54, 1.807) is 0 Å². The molecular formula is C8H10F3NO3. The van der Waals surface area contributed by atoms with Crippen molar-refractivity contribution in [3.8, 4) is 0 Å². The van der Waals surface area contributed by atoms with Gasteiger partial charge in [0.2, 0.25) is 6.41 Å². The third-order valence-corrected chi connectivity index (χ3v) is 2.15. The Morgan fingerprint density at radius 3 is 2.53 bits per heavy atom. The van der Waals surface area contributed by atoms with E-state index in [1.807, 2.05) is 0 Å². The predicted molar refractivity (Wildman–Crippen MR) is 42.7 cm³/mol. The second-order valence-corrected chi connectivity index (χ2v) is 3.37. The van der Waals surface area contributed by atoms with Gasteiger partial charge in [0, 0.05) is 6.04 Å². The summed E-state index contributed by atoms with van der Waals surface area (Å²) in [6.45, 7) is -1.55. The molecule has 1 fully saturated rings. The summed E-state index contributed by atoms with van der Waals surface area (Å²) in [5, 5.41) is 2.43. The first kappa shape index (κ1) is 11.8. The van der Waals surface area contributed by atoms with Gasteiger partial charge in [0.15, 0.2) is 6.61 Å². The highest BCUT2D eigenvalue weighted by atomic mass is 19.4. The predicted octanol–water partition coefficient (Wildman–Crippen LogP) is 0.616. The van der Waals surface area contributed by atoms with Crippen molar-refractivity contribution in [2.75, 3.05) is 6.61 Å². The lowest BCUT2D eigenvalue weighted by molar-refractivity contribution is -0.191. The molecule has 1 N–H and O–H groups in total. The molecule has 15 heavy (non-hydrogen) atoms. The Morgan fingerprint density at radius 2 is 2.07 bits per heavy atom. The number of rotatable bonds is 4. The van der Waals surface area contributed by atoms with Crippen molar-refractivity contribution in [2.45, 2.75) is 25.1 Å². The molecule has 86 valence electrons. The van der Waals surface area contributed by atoms with Crippen molar-refractivity contribution < 1.29 is 27.5 Å². The van der Waals surface area contributed by atoms with Crippen LogP contribution in [-0.4, -0.2) is 31.2 Å². The molecule has 0 atom stereocenters. The molecule has 0 bridgehead atoms. The number of hydrogen-bond acceptors (Lipinski definition) is 3. The number of hydrogen-bond donors (Lipinski definition) is 1. The van der Waals surface area contributed by atoms with Gasteiger partial charge in [0.05, 0.1) is 5.92 Å². The van der Waals surface area contributed by atoms with Crippen LogP contribution in [-0.2, 0) is 14.3 Å². The van der Waals surface area contributed by atoms with E-state index >= 15 is 0 Å². The fourth-order valence-corrected chi connectivity index (χ4v) is 1.31. The number of ether oxygens (including phenoxy) is 1. The average Bonchev–Trinajstić information content (AvgIpc) is 2.05. The summed E-state index contributed by atoms with van der Waals surface area (Å²) in [6.07, 6.45) is -3.30. The molecule has 0 unspecified atom stereocenters. The summed E-state index contributed by atoms with van der Waals surface area (Å²) in [6, 6.07) is -0.120. The fraction of sp³-hybridized carbons (Fsp3) is 0.750. The maximum atomic E-state index is 11.7. The zero-order chi connectivity index (χ0) is 11.5. The van der Waals surface area contributed by atoms with E-state index in [2.05, 4.69) is 10.1 Å². The monoisotopic (exact) mass is 225 g/mol. The molecule has 7 heteroatoms. The van der Waals surface area contributed by atoms with Gasteiger partial charge in [-0.15, -0.1) is 0 Å². The Bertz CT molecular complexity index is 248. The SMILES string of the molecule is O=CNC1CC(C(=O)OCC(F)(F)F)C1. The minimum atomic E-state index is -4.49. The zero-order valence-electron chi connectivity index (χ0n) is 7.71. The zero-order valence-corrected chi connectivity index (χ0v) is 7.71. The molecule has 0 saturated heterocycles. The van der Waals surface area contributed by atoms with Gasteiger partial charge < -0.3 is 10.1 Å². The van der Waals surface area contributed by atoms with E-state index in [9.17, 15) is 22.8 Å². The largest absolute Gasteiger partial charge is 0.456 e. The normalized spacial score (nSPS) is 25.3. The van der Waals surface area contributed by atoms with Crippen molar-refractivity contribution in [1.29, 1.82) is 0 Å². The Hall–Kier alpha value is -1.27. The summed E-state index contributed by atoms with van der Waals surface area (Å²) in [7, 11) is 0. The van der Waals surface area contributed by atoms with Gasteiger partial charge in [-0.25, -0.2) is 0 Å². The molecule has 4 nitrogen and oxygen atoms in total. The molecular weight excluding hydrogens is 215 g/mol. The van der Waals surface area contributed by atoms with Gasteiger partial charge in [-0.05, 0) is 12.8 Å². The van der Waals surface area contributed by atoms with E-state index in [0.717, 1.165) is 0 Å². The van der Waals surface area contributed by atoms with Gasteiger partial charge >= 0.3 is 12.1 Å². The summed E-state index contributed by atoms with van der Waals surface area (Å²) < 4.78 is 39.0. The highest BCUT2D eigenvalue weighted by Crippen LogP contribution is 2.28. The summed E-state index contributed by atoms with van der Waals surface area (Å²) in [4.78, 5) is 20.9. The van der Waals surface area contributed by atoms with Gasteiger partial charge in [0.25, 0.3) is 0 Å². The number of amides is 1. The molecule has 0 heterocycles. The van der Waals surface area contributed by atoms with Crippen LogP contribution in [0.25, 0.3) is 0 Å². The lowest BCUT2D eigenvalue weighted by Crippen LogP contribution is -2.44. The standard InChI is InChI=1S/C8H10F3NO3/c9-8(10,11)3-15-7(14)5-1-6(2-5)12-4-13/h4-6H,1-3H2,(H,12,13). The Labute approximate surface area is 83.8 Å². The van der Waals surface area contributed by atoms with Crippen LogP contribution >= 0.6 is 0 Å². The summed E-state index contributed by atoms with van der Waals surface area (Å²) in [5.74, 6) is -1.37. The Balaban J connectivity index is 2.18. The molecule has 0 aliphatic heterocycles. The molecule has 0 aromatic carbocycles. The van der Waals surface area contributed by atoms with Crippen molar-refractivity contribution in [1.82, 2.24) is 5.32 Å². The number of carbonyl (C=O) groups is 2. The van der Waals surface area contributed by atoms with Crippen LogP contribution in [0.15, 0.2) is 0 Å². The van der Waals surface area contributed by atoms with Crippen molar-refractivity contribution in [3.05, 3.63) is 0 Å². The molecule has 1 aliphatic carbocycles. The molecule has 0 radical (unpaired) electrons. The van der Waals surface area contributed by atoms with Gasteiger partial charge in [-0.2, -0.15) is 13.2 Å². The third kappa shape index (κ3) is 3.77. The topological polar surface area (TPSA) is 55.4 Å². The number of carbonyl (C=O) groups excluding carboxylic acids is 2. The minimum Gasteiger partial charge on any atom is -0.456 e. The molecule has 0 aromatic heterocycles. The molecule has 1 rings (SSSR count). The van der Waals surface area contributed by atoms with Crippen molar-refractivity contribution in [2.24, 2.45) is 5.92 Å². The van der Waals surface area contributed by atoms with E-state index in [1.165, 1.54) is 0 Å². The van der Waals surface area contributed by atoms with Gasteiger partial charge in [0.1, 0.15) is 0 Å². The fourth-order valence-electron chi connectivity index (χ4n) is 1.31. The maximum Gasteiger partial charge on any atom is 0.422 e. The van der Waals surface area contributed by atoms with E-state index in [0.29, 0.717) is 19.3 Å². The maximum absolute atomic E-state index is 11.7. The molecule has 0 aromatic rings. The summed E-state index contributed by atoms with van der Waals surface area (Å²) in [5.41, 5.74) is 0. The van der Waals surface area contributed by atoms with Crippen molar-refractivity contribution in [3.63, 3.8) is 0 Å². The number of esters is 1. The first-order valence-corrected chi connectivity index (χ1v) is 4.35. The van der Waals surface area contributed by atoms with E-state index in [-0.39, 0.29) is 6.04 Å². The highest BCUT2D eigenvalue weighted by Gasteiger charge is 2.37. The van der Waals surface area contributed by atoms with Crippen molar-refractivity contribution >= 4 is 12.4 Å². The lowest BCUT2D eigenvalue weighted by Gasteiger charge is -2.32. The summed E-state index contributed by atoms with van der Waals surface area (Å²) >= 11 is 0. The van der Waals surface area contributed by atoms with E-state index < -0.39 is 24.7 Å². The quantitative estimate of drug-likeness (QED) is 0.563. The average molecular weight is 225 g/mol. The molecule has 1 aliphatic rings. The minimum absolute atomic E-state index is 0.120. The molecule has 1 amide bonds. The number of nitrogens with one attached hydrogen (secondary N) is 1. The molecule has 0 spiro atoms. The van der Waals surface area contributed by atoms with Crippen LogP contribution in [0.3, 0.4) is 0 Å². The van der Waals surface area contributed by atoms with Crippen LogP contribution < -0.4 is 5.32 Å². The first-order valence-electron chi connectivity index (χ1n) is 4.35. The Kier molecular flexibility index (Phi) is 3.54. The second-order valence-electron chi connectivity index (χ2n) is 3.37. The van der Waals surface area contributed by atoms with E-state index in [4.69, 9.17) is 0 Å². The van der Waals surface area contributed by atoms with Crippen LogP contribution in [0.5, 0.6) is 0 Å². The third-order valence-electron chi connectivity index (χ3n) is 2.15. The Morgan fingerprint density at radius 1 is 1.47 bits per heavy atom. The van der Waals surface area contributed by atoms with Crippen LogP contribution in [0.4, 0.5) is 13.2 Å². The van der Waals surface area contributed by atoms with Gasteiger partial charge in [-0.3, -0.25) is 9.59 Å². The van der Waals surface area contributed by atoms with Crippen LogP contribution in [0, 0.1) is 5.92 Å². The number of halogens is 3. The molecule has 1 saturated carbocycles. The second kappa shape index (κ2) is 4.50. The van der Waals surface area contributed by atoms with Gasteiger partial charge in [-0.1, -0.05) is 0 Å². The van der Waals surface area contributed by atoms with Crippen LogP contribution in [0.2, 0.25) is 0 Å². The number of alkyl halides is 3. The lowest BCUT2D eigenvalue weighted by atomic mass is 9.80.